The molecule has 1 atom stereocenters. The van der Waals surface area contributed by atoms with E-state index in [1.165, 1.54) is 0 Å². The summed E-state index contributed by atoms with van der Waals surface area (Å²) in [6.45, 7) is 6.90. The highest BCUT2D eigenvalue weighted by Crippen LogP contribution is 2.12. The molecule has 0 aromatic heterocycles. The van der Waals surface area contributed by atoms with Crippen molar-refractivity contribution in [3.63, 3.8) is 0 Å². The molecule has 0 aliphatic carbocycles. The molecule has 0 spiro atoms. The number of nitrogens with zero attached hydrogens (tertiary/aromatic N) is 2. The molecule has 6 nitrogen and oxygen atoms in total. The fourth-order valence-electron chi connectivity index (χ4n) is 2.82. The molecule has 146 valence electrons. The lowest BCUT2D eigenvalue weighted by Gasteiger charge is -2.20. The molecule has 1 unspecified atom stereocenters. The largest absolute Gasteiger partial charge is 0.494 e. The standard InChI is InChI=1S/C19H30N4O2.HI/c1-15(2)18(24)23-12-10-16(14-23)22-19(20-3)21-11-7-13-25-17-8-5-4-6-9-17;/h4-6,8-9,15-16H,7,10-14H2,1-3H3,(H2,20,21,22);1H. The smallest absolute Gasteiger partial charge is 0.225 e. The van der Waals surface area contributed by atoms with Gasteiger partial charge in [0.1, 0.15) is 5.75 Å². The lowest BCUT2D eigenvalue weighted by Crippen LogP contribution is -2.45. The molecule has 2 rings (SSSR count). The van der Waals surface area contributed by atoms with Gasteiger partial charge < -0.3 is 20.3 Å². The number of amides is 1. The van der Waals surface area contributed by atoms with Crippen molar-refractivity contribution in [2.45, 2.75) is 32.7 Å². The van der Waals surface area contributed by atoms with Gasteiger partial charge in [-0.2, -0.15) is 0 Å². The molecule has 1 saturated heterocycles. The number of hydrogen-bond donors (Lipinski definition) is 2. The van der Waals surface area contributed by atoms with Gasteiger partial charge in [-0.15, -0.1) is 24.0 Å². The van der Waals surface area contributed by atoms with Crippen LogP contribution in [0, 0.1) is 5.92 Å². The van der Waals surface area contributed by atoms with Gasteiger partial charge in [0.05, 0.1) is 6.61 Å². The normalized spacial score (nSPS) is 17.0. The summed E-state index contributed by atoms with van der Waals surface area (Å²) in [5.41, 5.74) is 0. The molecule has 1 aromatic carbocycles. The highest BCUT2D eigenvalue weighted by molar-refractivity contribution is 14.0. The Morgan fingerprint density at radius 1 is 1.35 bits per heavy atom. The van der Waals surface area contributed by atoms with Crippen LogP contribution in [0.2, 0.25) is 0 Å². The van der Waals surface area contributed by atoms with Crippen LogP contribution < -0.4 is 15.4 Å². The predicted molar refractivity (Wildman–Crippen MR) is 116 cm³/mol. The van der Waals surface area contributed by atoms with E-state index in [9.17, 15) is 4.79 Å². The molecule has 1 heterocycles. The number of likely N-dealkylation sites (tertiary alicyclic amines) is 1. The summed E-state index contributed by atoms with van der Waals surface area (Å²) in [7, 11) is 1.77. The number of aliphatic imine (C=N–C) groups is 1. The Hall–Kier alpha value is -1.51. The van der Waals surface area contributed by atoms with Crippen LogP contribution >= 0.6 is 24.0 Å². The van der Waals surface area contributed by atoms with E-state index in [0.29, 0.717) is 6.61 Å². The minimum Gasteiger partial charge on any atom is -0.494 e. The Kier molecular flexibility index (Phi) is 10.4. The van der Waals surface area contributed by atoms with Crippen LogP contribution in [0.25, 0.3) is 0 Å². The van der Waals surface area contributed by atoms with E-state index in [-0.39, 0.29) is 41.8 Å². The molecule has 1 aromatic rings. The van der Waals surface area contributed by atoms with Crippen LogP contribution in [-0.2, 0) is 4.79 Å². The van der Waals surface area contributed by atoms with Crippen LogP contribution in [0.3, 0.4) is 0 Å². The fraction of sp³-hybridized carbons (Fsp3) is 0.579. The number of halogens is 1. The monoisotopic (exact) mass is 474 g/mol. The third-order valence-electron chi connectivity index (χ3n) is 4.18. The van der Waals surface area contributed by atoms with Crippen LogP contribution in [0.4, 0.5) is 0 Å². The topological polar surface area (TPSA) is 66.0 Å². The van der Waals surface area contributed by atoms with Crippen LogP contribution in [0.5, 0.6) is 5.75 Å². The number of nitrogens with one attached hydrogen (secondary N) is 2. The molecular formula is C19H31IN4O2. The van der Waals surface area contributed by atoms with Gasteiger partial charge in [-0.05, 0) is 25.0 Å². The van der Waals surface area contributed by atoms with Gasteiger partial charge in [-0.3, -0.25) is 9.79 Å². The molecule has 0 bridgehead atoms. The van der Waals surface area contributed by atoms with Crippen molar-refractivity contribution in [2.24, 2.45) is 10.9 Å². The molecule has 0 saturated carbocycles. The van der Waals surface area contributed by atoms with Crippen molar-refractivity contribution in [3.8, 4) is 5.75 Å². The Morgan fingerprint density at radius 2 is 2.08 bits per heavy atom. The molecule has 1 aliphatic rings. The number of para-hydroxylation sites is 1. The first-order valence-electron chi connectivity index (χ1n) is 9.04. The summed E-state index contributed by atoms with van der Waals surface area (Å²) in [5.74, 6) is 1.96. The number of carbonyl (C=O) groups excluding carboxylic acids is 1. The summed E-state index contributed by atoms with van der Waals surface area (Å²) in [6, 6.07) is 10.1. The minimum atomic E-state index is 0. The van der Waals surface area contributed by atoms with E-state index >= 15 is 0 Å². The average Bonchev–Trinajstić information content (AvgIpc) is 3.09. The second-order valence-corrected chi connectivity index (χ2v) is 6.58. The van der Waals surface area contributed by atoms with Gasteiger partial charge in [0.25, 0.3) is 0 Å². The summed E-state index contributed by atoms with van der Waals surface area (Å²) in [5, 5.41) is 6.71. The van der Waals surface area contributed by atoms with Crippen molar-refractivity contribution < 1.29 is 9.53 Å². The second kappa shape index (κ2) is 12.0. The van der Waals surface area contributed by atoms with Crippen molar-refractivity contribution in [2.75, 3.05) is 33.3 Å². The van der Waals surface area contributed by atoms with E-state index in [2.05, 4.69) is 15.6 Å². The summed E-state index contributed by atoms with van der Waals surface area (Å²) in [6.07, 6.45) is 1.84. The fourth-order valence-corrected chi connectivity index (χ4v) is 2.82. The molecule has 1 fully saturated rings. The summed E-state index contributed by atoms with van der Waals surface area (Å²) in [4.78, 5) is 18.2. The molecule has 0 radical (unpaired) electrons. The SMILES string of the molecule is CN=C(NCCCOc1ccccc1)NC1CCN(C(=O)C(C)C)C1.I. The Balaban J connectivity index is 0.00000338. The number of ether oxygens (including phenoxy) is 1. The van der Waals surface area contributed by atoms with Crippen molar-refractivity contribution >= 4 is 35.8 Å². The van der Waals surface area contributed by atoms with E-state index < -0.39 is 0 Å². The maximum absolute atomic E-state index is 12.0. The minimum absolute atomic E-state index is 0. The Labute approximate surface area is 173 Å². The van der Waals surface area contributed by atoms with E-state index in [1.54, 1.807) is 7.05 Å². The Morgan fingerprint density at radius 3 is 2.73 bits per heavy atom. The molecule has 1 amide bonds. The van der Waals surface area contributed by atoms with E-state index in [4.69, 9.17) is 4.74 Å². The highest BCUT2D eigenvalue weighted by Gasteiger charge is 2.27. The zero-order valence-electron chi connectivity index (χ0n) is 15.9. The summed E-state index contributed by atoms with van der Waals surface area (Å²) < 4.78 is 5.67. The zero-order valence-corrected chi connectivity index (χ0v) is 18.2. The van der Waals surface area contributed by atoms with Crippen LogP contribution in [0.15, 0.2) is 35.3 Å². The summed E-state index contributed by atoms with van der Waals surface area (Å²) >= 11 is 0. The van der Waals surface area contributed by atoms with Gasteiger partial charge >= 0.3 is 0 Å². The van der Waals surface area contributed by atoms with Crippen molar-refractivity contribution in [3.05, 3.63) is 30.3 Å². The lowest BCUT2D eigenvalue weighted by molar-refractivity contribution is -0.133. The average molecular weight is 474 g/mol. The Bertz CT molecular complexity index is 566. The maximum atomic E-state index is 12.0. The van der Waals surface area contributed by atoms with Gasteiger partial charge in [-0.25, -0.2) is 0 Å². The van der Waals surface area contributed by atoms with Gasteiger partial charge in [0.2, 0.25) is 5.91 Å². The predicted octanol–water partition coefficient (Wildman–Crippen LogP) is 2.50. The number of carbonyl (C=O) groups is 1. The van der Waals surface area contributed by atoms with Crippen molar-refractivity contribution in [1.29, 1.82) is 0 Å². The van der Waals surface area contributed by atoms with Gasteiger partial charge in [-0.1, -0.05) is 32.0 Å². The first kappa shape index (κ1) is 22.5. The molecule has 26 heavy (non-hydrogen) atoms. The van der Waals surface area contributed by atoms with Gasteiger partial charge in [0, 0.05) is 38.6 Å². The van der Waals surface area contributed by atoms with E-state index in [1.807, 2.05) is 49.1 Å². The highest BCUT2D eigenvalue weighted by atomic mass is 127. The molecule has 1 aliphatic heterocycles. The van der Waals surface area contributed by atoms with Gasteiger partial charge in [0.15, 0.2) is 5.96 Å². The molecular weight excluding hydrogens is 443 g/mol. The quantitative estimate of drug-likeness (QED) is 0.276. The maximum Gasteiger partial charge on any atom is 0.225 e. The number of hydrogen-bond acceptors (Lipinski definition) is 3. The van der Waals surface area contributed by atoms with E-state index in [0.717, 1.165) is 44.2 Å². The third kappa shape index (κ3) is 7.39. The number of guanidine groups is 1. The number of benzene rings is 1. The second-order valence-electron chi connectivity index (χ2n) is 6.58. The number of rotatable bonds is 7. The molecule has 7 heteroatoms. The first-order chi connectivity index (χ1) is 12.1. The third-order valence-corrected chi connectivity index (χ3v) is 4.18. The van der Waals surface area contributed by atoms with Crippen LogP contribution in [-0.4, -0.2) is 56.1 Å². The van der Waals surface area contributed by atoms with Crippen LogP contribution in [0.1, 0.15) is 26.7 Å². The molecule has 2 N–H and O–H groups in total. The van der Waals surface area contributed by atoms with Crippen molar-refractivity contribution in [1.82, 2.24) is 15.5 Å². The lowest BCUT2D eigenvalue weighted by atomic mass is 10.2. The first-order valence-corrected chi connectivity index (χ1v) is 9.04. The zero-order chi connectivity index (χ0) is 18.1.